The minimum atomic E-state index is 0. The molecular weight excluding hydrogens is 231 g/mol. The van der Waals surface area contributed by atoms with Gasteiger partial charge in [-0.1, -0.05) is 54.1 Å². The van der Waals surface area contributed by atoms with Gasteiger partial charge in [-0.3, -0.25) is 0 Å². The molecule has 2 rings (SSSR count). The maximum absolute atomic E-state index is 10.3. The van der Waals surface area contributed by atoms with Crippen molar-refractivity contribution in [2.24, 2.45) is 0 Å². The summed E-state index contributed by atoms with van der Waals surface area (Å²) in [5.41, 5.74) is 1.21. The Hall–Kier alpha value is -0.470. The summed E-state index contributed by atoms with van der Waals surface area (Å²) in [5, 5.41) is 11.1. The average molecular weight is 243 g/mol. The van der Waals surface area contributed by atoms with Crippen molar-refractivity contribution >= 4 is 11.6 Å². The van der Waals surface area contributed by atoms with E-state index >= 15 is 0 Å². The predicted octanol–water partition coefficient (Wildman–Crippen LogP) is 0.413. The van der Waals surface area contributed by atoms with Crippen molar-refractivity contribution in [2.45, 2.75) is 6.92 Å². The van der Waals surface area contributed by atoms with Gasteiger partial charge in [-0.2, -0.15) is 0 Å². The van der Waals surface area contributed by atoms with Crippen LogP contribution in [0.5, 0.6) is 5.75 Å². The largest absolute Gasteiger partial charge is 1.00 e. The fraction of sp³-hybridized carbons (Fsp3) is 0.0769. The minimum Gasteiger partial charge on any atom is -0.872 e. The fourth-order valence-electron chi connectivity index (χ4n) is 1.03. The Morgan fingerprint density at radius 1 is 0.938 bits per heavy atom. The molecule has 16 heavy (non-hydrogen) atoms. The van der Waals surface area contributed by atoms with E-state index in [9.17, 15) is 5.11 Å². The van der Waals surface area contributed by atoms with E-state index in [2.05, 4.69) is 0 Å². The maximum atomic E-state index is 10.3. The van der Waals surface area contributed by atoms with Crippen LogP contribution in [0.4, 0.5) is 0 Å². The summed E-state index contributed by atoms with van der Waals surface area (Å²) in [6, 6.07) is 16.1. The zero-order valence-electron chi connectivity index (χ0n) is 9.48. The van der Waals surface area contributed by atoms with Crippen LogP contribution in [0.2, 0.25) is 5.02 Å². The van der Waals surface area contributed by atoms with E-state index in [1.165, 1.54) is 17.7 Å². The van der Waals surface area contributed by atoms with Gasteiger partial charge in [0, 0.05) is 5.02 Å². The van der Waals surface area contributed by atoms with E-state index in [0.29, 0.717) is 0 Å². The van der Waals surface area contributed by atoms with Gasteiger partial charge >= 0.3 is 29.6 Å². The monoisotopic (exact) mass is 242 g/mol. The molecule has 0 N–H and O–H groups in total. The Labute approximate surface area is 123 Å². The molecular formula is C13H12ClNaO. The van der Waals surface area contributed by atoms with Crippen molar-refractivity contribution in [3.63, 3.8) is 0 Å². The van der Waals surface area contributed by atoms with Gasteiger partial charge in [0.1, 0.15) is 0 Å². The topological polar surface area (TPSA) is 23.1 Å². The molecule has 0 bridgehead atoms. The number of para-hydroxylation sites is 1. The molecule has 0 radical (unpaired) electrons. The van der Waals surface area contributed by atoms with E-state index in [1.54, 1.807) is 12.1 Å². The zero-order valence-corrected chi connectivity index (χ0v) is 12.2. The third-order valence-electron chi connectivity index (χ3n) is 1.72. The van der Waals surface area contributed by atoms with Crippen LogP contribution < -0.4 is 34.7 Å². The summed E-state index contributed by atoms with van der Waals surface area (Å²) in [7, 11) is 0. The molecule has 0 aromatic heterocycles. The van der Waals surface area contributed by atoms with Gasteiger partial charge in [0.15, 0.2) is 0 Å². The average Bonchev–Trinajstić information content (AvgIpc) is 2.19. The number of halogens is 1. The predicted molar refractivity (Wildman–Crippen MR) is 62.1 cm³/mol. The zero-order chi connectivity index (χ0) is 11.1. The van der Waals surface area contributed by atoms with Gasteiger partial charge in [0.05, 0.1) is 0 Å². The number of aryl methyl sites for hydroxylation is 1. The van der Waals surface area contributed by atoms with Crippen LogP contribution in [0.25, 0.3) is 0 Å². The van der Waals surface area contributed by atoms with Gasteiger partial charge in [0.2, 0.25) is 0 Å². The van der Waals surface area contributed by atoms with Crippen LogP contribution in [0.1, 0.15) is 5.56 Å². The summed E-state index contributed by atoms with van der Waals surface area (Å²) in [4.78, 5) is 0. The van der Waals surface area contributed by atoms with E-state index in [-0.39, 0.29) is 35.3 Å². The summed E-state index contributed by atoms with van der Waals surface area (Å²) < 4.78 is 0. The first-order valence-electron chi connectivity index (χ1n) is 4.63. The van der Waals surface area contributed by atoms with E-state index in [4.69, 9.17) is 11.6 Å². The third-order valence-corrected chi connectivity index (χ3v) is 1.96. The normalized spacial score (nSPS) is 8.38. The summed E-state index contributed by atoms with van der Waals surface area (Å²) in [6.45, 7) is 2.02. The fourth-order valence-corrected chi connectivity index (χ4v) is 1.27. The second kappa shape index (κ2) is 8.66. The quantitative estimate of drug-likeness (QED) is 0.614. The molecule has 2 aromatic carbocycles. The van der Waals surface area contributed by atoms with Crippen molar-refractivity contribution in [3.05, 3.63) is 65.2 Å². The number of hydrogen-bond donors (Lipinski definition) is 0. The van der Waals surface area contributed by atoms with Crippen molar-refractivity contribution in [1.82, 2.24) is 0 Å². The summed E-state index contributed by atoms with van der Waals surface area (Å²) >= 11 is 5.64. The first kappa shape index (κ1) is 15.5. The van der Waals surface area contributed by atoms with Crippen molar-refractivity contribution in [2.75, 3.05) is 0 Å². The molecule has 0 unspecified atom stereocenters. The number of benzene rings is 2. The second-order valence-corrected chi connectivity index (χ2v) is 3.55. The minimum absolute atomic E-state index is 0. The molecule has 0 atom stereocenters. The van der Waals surface area contributed by atoms with Gasteiger partial charge in [-0.25, -0.2) is 0 Å². The van der Waals surface area contributed by atoms with Gasteiger partial charge in [-0.05, 0) is 24.6 Å². The Morgan fingerprint density at radius 3 is 1.88 bits per heavy atom. The second-order valence-electron chi connectivity index (χ2n) is 3.11. The van der Waals surface area contributed by atoms with E-state index in [1.807, 2.05) is 37.3 Å². The van der Waals surface area contributed by atoms with E-state index < -0.39 is 0 Å². The van der Waals surface area contributed by atoms with Crippen molar-refractivity contribution < 1.29 is 34.7 Å². The van der Waals surface area contributed by atoms with Gasteiger partial charge < -0.3 is 5.11 Å². The molecule has 0 saturated heterocycles. The molecule has 0 aliphatic heterocycles. The standard InChI is InChI=1S/C7H7Cl.C6H6O.Na/c1-6-3-2-4-7(8)5-6;7-6-4-2-1-3-5-6;/h2-5H,1H3;1-5,7H;/q;;+1/p-1. The Kier molecular flexibility index (Phi) is 8.40. The SMILES string of the molecule is Cc1cccc(Cl)c1.[Na+].[O-]c1ccccc1. The van der Waals surface area contributed by atoms with Crippen LogP contribution >= 0.6 is 11.6 Å². The van der Waals surface area contributed by atoms with Crippen molar-refractivity contribution in [1.29, 1.82) is 0 Å². The molecule has 0 aliphatic rings. The van der Waals surface area contributed by atoms with Gasteiger partial charge in [0.25, 0.3) is 0 Å². The molecule has 0 aliphatic carbocycles. The molecule has 0 amide bonds. The number of hydrogen-bond acceptors (Lipinski definition) is 1. The van der Waals surface area contributed by atoms with Crippen LogP contribution in [0, 0.1) is 6.92 Å². The molecule has 0 heterocycles. The molecule has 1 nitrogen and oxygen atoms in total. The number of rotatable bonds is 0. The molecule has 2 aromatic rings. The van der Waals surface area contributed by atoms with Crippen LogP contribution in [0.15, 0.2) is 54.6 Å². The molecule has 0 saturated carbocycles. The van der Waals surface area contributed by atoms with Crippen LogP contribution in [-0.2, 0) is 0 Å². The van der Waals surface area contributed by atoms with Gasteiger partial charge in [-0.15, -0.1) is 5.75 Å². The van der Waals surface area contributed by atoms with E-state index in [0.717, 1.165) is 5.02 Å². The molecule has 3 heteroatoms. The maximum Gasteiger partial charge on any atom is 1.00 e. The summed E-state index contributed by atoms with van der Waals surface area (Å²) in [5.74, 6) is 0.0718. The molecule has 0 fully saturated rings. The van der Waals surface area contributed by atoms with Crippen LogP contribution in [-0.4, -0.2) is 0 Å². The van der Waals surface area contributed by atoms with Crippen molar-refractivity contribution in [3.8, 4) is 5.75 Å². The molecule has 78 valence electrons. The third kappa shape index (κ3) is 6.91. The Morgan fingerprint density at radius 2 is 1.56 bits per heavy atom. The Balaban J connectivity index is 0.000000267. The first-order chi connectivity index (χ1) is 7.18. The Bertz CT molecular complexity index is 386. The molecule has 0 spiro atoms. The summed E-state index contributed by atoms with van der Waals surface area (Å²) in [6.07, 6.45) is 0. The first-order valence-corrected chi connectivity index (χ1v) is 5.00. The van der Waals surface area contributed by atoms with Crippen LogP contribution in [0.3, 0.4) is 0 Å². The smallest absolute Gasteiger partial charge is 0.872 e.